The molecular weight excluding hydrogens is 282 g/mol. The molecule has 0 fully saturated rings. The highest BCUT2D eigenvalue weighted by Gasteiger charge is 2.04. The van der Waals surface area contributed by atoms with Crippen molar-refractivity contribution in [3.05, 3.63) is 34.8 Å². The zero-order valence-corrected chi connectivity index (χ0v) is 11.1. The van der Waals surface area contributed by atoms with Crippen LogP contribution in [0.25, 0.3) is 0 Å². The highest BCUT2D eigenvalue weighted by Crippen LogP contribution is 2.24. The lowest BCUT2D eigenvalue weighted by atomic mass is 10.3. The Morgan fingerprint density at radius 1 is 1.47 bits per heavy atom. The van der Waals surface area contributed by atoms with E-state index in [1.807, 2.05) is 22.8 Å². The maximum atomic E-state index is 5.68. The lowest BCUT2D eigenvalue weighted by Gasteiger charge is -2.09. The normalized spacial score (nSPS) is 10.5. The van der Waals surface area contributed by atoms with Crippen molar-refractivity contribution in [2.45, 2.75) is 20.0 Å². The molecule has 3 N–H and O–H groups in total. The van der Waals surface area contributed by atoms with Gasteiger partial charge in [-0.05, 0) is 41.1 Å². The zero-order valence-electron chi connectivity index (χ0n) is 9.52. The van der Waals surface area contributed by atoms with Crippen LogP contribution in [-0.2, 0) is 13.1 Å². The fourth-order valence-corrected chi connectivity index (χ4v) is 2.07. The van der Waals surface area contributed by atoms with E-state index in [2.05, 4.69) is 38.4 Å². The summed E-state index contributed by atoms with van der Waals surface area (Å²) in [4.78, 5) is 0. The summed E-state index contributed by atoms with van der Waals surface area (Å²) in [7, 11) is 0. The Hall–Kier alpha value is -1.56. The Kier molecular flexibility index (Phi) is 3.63. The summed E-state index contributed by atoms with van der Waals surface area (Å²) in [5.41, 5.74) is 7.41. The van der Waals surface area contributed by atoms with Crippen LogP contribution >= 0.6 is 15.9 Å². The third-order valence-corrected chi connectivity index (χ3v) is 3.12. The molecule has 0 unspecified atom stereocenters. The summed E-state index contributed by atoms with van der Waals surface area (Å²) in [5.74, 6) is 0.913. The Morgan fingerprint density at radius 2 is 2.29 bits per heavy atom. The van der Waals surface area contributed by atoms with Crippen LogP contribution in [-0.4, -0.2) is 14.8 Å². The predicted octanol–water partition coefficient (Wildman–Crippen LogP) is 2.25. The first-order chi connectivity index (χ1) is 8.20. The zero-order chi connectivity index (χ0) is 12.3. The third-order valence-electron chi connectivity index (χ3n) is 2.47. The Balaban J connectivity index is 2.07. The van der Waals surface area contributed by atoms with Gasteiger partial charge in [-0.15, -0.1) is 10.2 Å². The van der Waals surface area contributed by atoms with Crippen molar-refractivity contribution in [3.63, 3.8) is 0 Å². The summed E-state index contributed by atoms with van der Waals surface area (Å²) in [6.07, 6.45) is 1.73. The second-order valence-electron chi connectivity index (χ2n) is 3.63. The fourth-order valence-electron chi connectivity index (χ4n) is 1.53. The molecule has 1 aromatic heterocycles. The average Bonchev–Trinajstić information content (AvgIpc) is 2.75. The van der Waals surface area contributed by atoms with Crippen molar-refractivity contribution in [2.75, 3.05) is 11.1 Å². The van der Waals surface area contributed by atoms with Gasteiger partial charge in [0.2, 0.25) is 0 Å². The first kappa shape index (κ1) is 11.9. The van der Waals surface area contributed by atoms with Crippen LogP contribution in [0.5, 0.6) is 0 Å². The molecule has 0 saturated heterocycles. The highest BCUT2D eigenvalue weighted by atomic mass is 79.9. The van der Waals surface area contributed by atoms with E-state index in [0.717, 1.165) is 28.2 Å². The van der Waals surface area contributed by atoms with Crippen molar-refractivity contribution in [1.82, 2.24) is 14.8 Å². The van der Waals surface area contributed by atoms with Crippen LogP contribution in [0.4, 0.5) is 11.4 Å². The number of nitrogens with one attached hydrogen (secondary N) is 1. The molecule has 5 nitrogen and oxygen atoms in total. The number of rotatable bonds is 4. The number of hydrogen-bond acceptors (Lipinski definition) is 4. The number of nitrogen functional groups attached to an aromatic ring is 1. The van der Waals surface area contributed by atoms with Gasteiger partial charge >= 0.3 is 0 Å². The Bertz CT molecular complexity index is 508. The molecule has 0 aliphatic heterocycles. The van der Waals surface area contributed by atoms with Crippen molar-refractivity contribution in [3.8, 4) is 0 Å². The quantitative estimate of drug-likeness (QED) is 0.849. The van der Waals surface area contributed by atoms with Crippen molar-refractivity contribution >= 4 is 27.3 Å². The average molecular weight is 296 g/mol. The molecule has 6 heteroatoms. The van der Waals surface area contributed by atoms with Gasteiger partial charge in [0.1, 0.15) is 6.33 Å². The second kappa shape index (κ2) is 5.18. The molecule has 0 spiro atoms. The molecule has 0 aliphatic rings. The number of hydrogen-bond donors (Lipinski definition) is 2. The summed E-state index contributed by atoms with van der Waals surface area (Å²) in [6.45, 7) is 3.56. The molecule has 2 aromatic rings. The van der Waals surface area contributed by atoms with E-state index in [4.69, 9.17) is 5.73 Å². The number of halogens is 1. The highest BCUT2D eigenvalue weighted by molar-refractivity contribution is 9.10. The van der Waals surface area contributed by atoms with E-state index in [-0.39, 0.29) is 0 Å². The topological polar surface area (TPSA) is 68.8 Å². The first-order valence-corrected chi connectivity index (χ1v) is 6.15. The second-order valence-corrected chi connectivity index (χ2v) is 4.48. The molecule has 0 amide bonds. The van der Waals surface area contributed by atoms with Gasteiger partial charge in [-0.2, -0.15) is 0 Å². The maximum Gasteiger partial charge on any atom is 0.152 e. The monoisotopic (exact) mass is 295 g/mol. The first-order valence-electron chi connectivity index (χ1n) is 5.36. The lowest BCUT2D eigenvalue weighted by molar-refractivity contribution is 0.708. The molecule has 90 valence electrons. The van der Waals surface area contributed by atoms with Gasteiger partial charge in [0.25, 0.3) is 0 Å². The van der Waals surface area contributed by atoms with Gasteiger partial charge < -0.3 is 15.6 Å². The van der Waals surface area contributed by atoms with Crippen molar-refractivity contribution in [1.29, 1.82) is 0 Å². The fraction of sp³-hybridized carbons (Fsp3) is 0.273. The number of nitrogens with two attached hydrogens (primary N) is 1. The van der Waals surface area contributed by atoms with E-state index < -0.39 is 0 Å². The molecule has 0 atom stereocenters. The summed E-state index contributed by atoms with van der Waals surface area (Å²) in [5, 5.41) is 11.2. The van der Waals surface area contributed by atoms with Gasteiger partial charge in [-0.1, -0.05) is 0 Å². The van der Waals surface area contributed by atoms with E-state index in [1.165, 1.54) is 0 Å². The van der Waals surface area contributed by atoms with Crippen LogP contribution in [0.3, 0.4) is 0 Å². The van der Waals surface area contributed by atoms with Gasteiger partial charge in [0, 0.05) is 22.4 Å². The SMILES string of the molecule is CCn1cnnc1CNc1ccc(N)cc1Br. The largest absolute Gasteiger partial charge is 0.399 e. The van der Waals surface area contributed by atoms with Crippen LogP contribution in [0, 0.1) is 0 Å². The van der Waals surface area contributed by atoms with Crippen LogP contribution in [0.1, 0.15) is 12.7 Å². The lowest BCUT2D eigenvalue weighted by Crippen LogP contribution is -2.07. The Morgan fingerprint density at radius 3 is 3.00 bits per heavy atom. The summed E-state index contributed by atoms with van der Waals surface area (Å²) in [6, 6.07) is 5.66. The Labute approximate surface area is 108 Å². The number of anilines is 2. The predicted molar refractivity (Wildman–Crippen MR) is 71.6 cm³/mol. The van der Waals surface area contributed by atoms with Gasteiger partial charge in [-0.3, -0.25) is 0 Å². The molecule has 17 heavy (non-hydrogen) atoms. The minimum Gasteiger partial charge on any atom is -0.399 e. The number of aryl methyl sites for hydroxylation is 1. The molecule has 0 saturated carbocycles. The van der Waals surface area contributed by atoms with E-state index in [0.29, 0.717) is 6.54 Å². The number of aromatic nitrogens is 3. The minimum absolute atomic E-state index is 0.635. The molecular formula is C11H14BrN5. The minimum atomic E-state index is 0.635. The van der Waals surface area contributed by atoms with Crippen molar-refractivity contribution in [2.24, 2.45) is 0 Å². The molecule has 1 heterocycles. The molecule has 2 rings (SSSR count). The van der Waals surface area contributed by atoms with E-state index in [1.54, 1.807) is 6.33 Å². The van der Waals surface area contributed by atoms with Gasteiger partial charge in [0.05, 0.1) is 6.54 Å². The summed E-state index contributed by atoms with van der Waals surface area (Å²) < 4.78 is 2.94. The standard InChI is InChI=1S/C11H14BrN5/c1-2-17-7-15-16-11(17)6-14-10-4-3-8(13)5-9(10)12/h3-5,7,14H,2,6,13H2,1H3. The third kappa shape index (κ3) is 2.76. The van der Waals surface area contributed by atoms with Gasteiger partial charge in [-0.25, -0.2) is 0 Å². The molecule has 1 aromatic carbocycles. The van der Waals surface area contributed by atoms with Crippen LogP contribution in [0.15, 0.2) is 29.0 Å². The van der Waals surface area contributed by atoms with Crippen molar-refractivity contribution < 1.29 is 0 Å². The number of benzene rings is 1. The molecule has 0 aliphatic carbocycles. The van der Waals surface area contributed by atoms with Crippen LogP contribution < -0.4 is 11.1 Å². The molecule has 0 bridgehead atoms. The van der Waals surface area contributed by atoms with E-state index >= 15 is 0 Å². The van der Waals surface area contributed by atoms with Gasteiger partial charge in [0.15, 0.2) is 5.82 Å². The maximum absolute atomic E-state index is 5.68. The smallest absolute Gasteiger partial charge is 0.152 e. The van der Waals surface area contributed by atoms with Crippen LogP contribution in [0.2, 0.25) is 0 Å². The number of nitrogens with zero attached hydrogens (tertiary/aromatic N) is 3. The molecule has 0 radical (unpaired) electrons. The van der Waals surface area contributed by atoms with E-state index in [9.17, 15) is 0 Å². The summed E-state index contributed by atoms with van der Waals surface area (Å²) >= 11 is 3.46.